The van der Waals surface area contributed by atoms with Crippen LogP contribution in [0.2, 0.25) is 0 Å². The van der Waals surface area contributed by atoms with E-state index in [1.807, 2.05) is 36.4 Å². The van der Waals surface area contributed by atoms with Crippen molar-refractivity contribution < 1.29 is 4.79 Å². The normalized spacial score (nSPS) is 22.8. The average molecular weight is 618 g/mol. The number of hydrogen-bond donors (Lipinski definition) is 0. The Labute approximate surface area is 235 Å². The number of piperazine rings is 1. The van der Waals surface area contributed by atoms with Crippen LogP contribution in [0.1, 0.15) is 47.7 Å². The third-order valence-electron chi connectivity index (χ3n) is 8.28. The lowest BCUT2D eigenvalue weighted by Gasteiger charge is -2.44. The van der Waals surface area contributed by atoms with Gasteiger partial charge in [0.1, 0.15) is 21.3 Å². The van der Waals surface area contributed by atoms with Crippen molar-refractivity contribution in [3.63, 3.8) is 0 Å². The molecule has 2 atom stereocenters. The molecule has 2 fully saturated rings. The Morgan fingerprint density at radius 3 is 2.71 bits per heavy atom. The Morgan fingerprint density at radius 2 is 1.89 bits per heavy atom. The highest BCUT2D eigenvalue weighted by molar-refractivity contribution is 14.1. The minimum Gasteiger partial charge on any atom is -0.335 e. The van der Waals surface area contributed by atoms with Gasteiger partial charge in [-0.2, -0.15) is 5.26 Å². The van der Waals surface area contributed by atoms with Gasteiger partial charge in [-0.05, 0) is 53.3 Å². The van der Waals surface area contributed by atoms with E-state index in [4.69, 9.17) is 8.41 Å². The van der Waals surface area contributed by atoms with Crippen LogP contribution in [0, 0.1) is 17.2 Å². The molecule has 6 nitrogen and oxygen atoms in total. The smallest absolute Gasteiger partial charge is 0.254 e. The third kappa shape index (κ3) is 4.76. The van der Waals surface area contributed by atoms with Crippen LogP contribution in [0.5, 0.6) is 0 Å². The molecule has 0 N–H and O–H groups in total. The highest BCUT2D eigenvalue weighted by atomic mass is 127. The molecule has 0 radical (unpaired) electrons. The number of carbonyl (C=O) groups is 1. The molecule has 3 aromatic carbocycles. The second-order valence-corrected chi connectivity index (χ2v) is 12.7. The van der Waals surface area contributed by atoms with Crippen LogP contribution in [-0.4, -0.2) is 50.5 Å². The van der Waals surface area contributed by atoms with Crippen molar-refractivity contribution in [2.45, 2.75) is 38.3 Å². The molecule has 0 aromatic heterocycles. The molecule has 1 amide bonds. The first kappa shape index (κ1) is 25.2. The van der Waals surface area contributed by atoms with Crippen molar-refractivity contribution >= 4 is 38.0 Å². The SMILES string of the molecule is CCCC1CC12CN(C(=O)c1cccc3ccccc13)CCN2CC1=CN=IN1Cc1ccc(C#N)cc1. The van der Waals surface area contributed by atoms with Gasteiger partial charge in [0, 0.05) is 37.3 Å². The van der Waals surface area contributed by atoms with Gasteiger partial charge in [0.2, 0.25) is 0 Å². The quantitative estimate of drug-likeness (QED) is 0.226. The predicted octanol–water partition coefficient (Wildman–Crippen LogP) is 6.45. The van der Waals surface area contributed by atoms with Crippen LogP contribution < -0.4 is 0 Å². The summed E-state index contributed by atoms with van der Waals surface area (Å²) in [6.45, 7) is 6.42. The second kappa shape index (κ2) is 10.6. The van der Waals surface area contributed by atoms with Crippen LogP contribution in [0.4, 0.5) is 0 Å². The fourth-order valence-corrected chi connectivity index (χ4v) is 8.01. The number of hydrogen-bond acceptors (Lipinski definition) is 5. The van der Waals surface area contributed by atoms with Gasteiger partial charge in [-0.25, -0.2) is 3.15 Å². The molecular weight excluding hydrogens is 585 g/mol. The Morgan fingerprint density at radius 1 is 1.08 bits per heavy atom. The summed E-state index contributed by atoms with van der Waals surface area (Å²) in [5.74, 6) is 0.794. The van der Waals surface area contributed by atoms with E-state index in [1.54, 1.807) is 0 Å². The summed E-state index contributed by atoms with van der Waals surface area (Å²) in [5, 5.41) is 11.3. The molecule has 1 saturated heterocycles. The number of rotatable bonds is 7. The van der Waals surface area contributed by atoms with E-state index in [-0.39, 0.29) is 11.4 Å². The van der Waals surface area contributed by atoms with E-state index in [0.717, 1.165) is 55.5 Å². The maximum Gasteiger partial charge on any atom is 0.254 e. The maximum absolute atomic E-state index is 13.8. The van der Waals surface area contributed by atoms with Crippen molar-refractivity contribution in [1.29, 1.82) is 5.26 Å². The van der Waals surface area contributed by atoms with Crippen molar-refractivity contribution in [1.82, 2.24) is 12.9 Å². The summed E-state index contributed by atoms with van der Waals surface area (Å²) in [6, 6.07) is 24.3. The molecule has 2 unspecified atom stereocenters. The Bertz CT molecular complexity index is 1450. The number of fused-ring (bicyclic) bond motifs is 1. The zero-order valence-electron chi connectivity index (χ0n) is 21.7. The molecule has 194 valence electrons. The summed E-state index contributed by atoms with van der Waals surface area (Å²) in [7, 11) is 0. The standard InChI is InChI=1S/C31H32IN5O/c1-2-6-26-17-31(26)22-35(30(38)29-10-5-8-25-7-3-4-9-28(25)29)15-16-36(31)21-27-19-34-32-37(27)20-24-13-11-23(18-33)12-14-24/h3-5,7-14,19,26H,2,6,15-17,20-22H2,1H3. The second-order valence-electron chi connectivity index (χ2n) is 10.6. The molecule has 3 aromatic rings. The lowest BCUT2D eigenvalue weighted by atomic mass is 10.0. The minimum atomic E-state index is -0.418. The van der Waals surface area contributed by atoms with E-state index in [0.29, 0.717) is 11.5 Å². The molecule has 38 heavy (non-hydrogen) atoms. The number of benzene rings is 3. The molecule has 2 aliphatic heterocycles. The lowest BCUT2D eigenvalue weighted by molar-refractivity contribution is 0.0387. The predicted molar refractivity (Wildman–Crippen MR) is 158 cm³/mol. The zero-order chi connectivity index (χ0) is 26.1. The van der Waals surface area contributed by atoms with Crippen molar-refractivity contribution in [3.8, 4) is 6.07 Å². The number of halogens is 1. The zero-order valence-corrected chi connectivity index (χ0v) is 23.8. The van der Waals surface area contributed by atoms with Crippen LogP contribution >= 0.6 is 21.3 Å². The van der Waals surface area contributed by atoms with Crippen molar-refractivity contribution in [3.05, 3.63) is 95.3 Å². The van der Waals surface area contributed by atoms with Gasteiger partial charge in [0.25, 0.3) is 5.91 Å². The molecule has 3 aliphatic rings. The lowest BCUT2D eigenvalue weighted by Crippen LogP contribution is -2.58. The van der Waals surface area contributed by atoms with Gasteiger partial charge in [-0.1, -0.05) is 61.9 Å². The van der Waals surface area contributed by atoms with Gasteiger partial charge in [0.15, 0.2) is 0 Å². The van der Waals surface area contributed by atoms with Crippen molar-refractivity contribution in [2.24, 2.45) is 9.06 Å². The fourth-order valence-electron chi connectivity index (χ4n) is 6.16. The third-order valence-corrected chi connectivity index (χ3v) is 10.3. The fraction of sp³-hybridized carbons (Fsp3) is 0.355. The topological polar surface area (TPSA) is 62.9 Å². The van der Waals surface area contributed by atoms with Crippen LogP contribution in [0.25, 0.3) is 10.8 Å². The number of nitrogens with zero attached hydrogens (tertiary/aromatic N) is 5. The van der Waals surface area contributed by atoms with E-state index < -0.39 is 21.3 Å². The van der Waals surface area contributed by atoms with Gasteiger partial charge in [-0.15, -0.1) is 0 Å². The van der Waals surface area contributed by atoms with Crippen LogP contribution in [0.15, 0.2) is 81.8 Å². The molecule has 7 heteroatoms. The summed E-state index contributed by atoms with van der Waals surface area (Å²) >= 11 is -0.418. The molecule has 6 rings (SSSR count). The van der Waals surface area contributed by atoms with E-state index in [1.165, 1.54) is 24.1 Å². The molecular formula is C31H32IN5O. The van der Waals surface area contributed by atoms with Gasteiger partial charge >= 0.3 is 0 Å². The van der Waals surface area contributed by atoms with E-state index >= 15 is 0 Å². The number of nitriles is 1. The summed E-state index contributed by atoms with van der Waals surface area (Å²) < 4.78 is 7.15. The minimum absolute atomic E-state index is 0.0658. The number of amides is 1. The Hall–Kier alpha value is -3.09. The monoisotopic (exact) mass is 617 g/mol. The van der Waals surface area contributed by atoms with Crippen LogP contribution in [-0.2, 0) is 6.54 Å². The van der Waals surface area contributed by atoms with Crippen molar-refractivity contribution in [2.75, 3.05) is 26.2 Å². The first-order chi connectivity index (χ1) is 18.6. The molecule has 2 heterocycles. The highest BCUT2D eigenvalue weighted by Gasteiger charge is 2.60. The molecule has 1 saturated carbocycles. The van der Waals surface area contributed by atoms with E-state index in [2.05, 4.69) is 62.4 Å². The summed E-state index contributed by atoms with van der Waals surface area (Å²) in [5.41, 5.74) is 4.07. The molecule has 1 aliphatic carbocycles. The van der Waals surface area contributed by atoms with E-state index in [9.17, 15) is 4.79 Å². The summed E-state index contributed by atoms with van der Waals surface area (Å²) in [4.78, 5) is 18.6. The first-order valence-electron chi connectivity index (χ1n) is 13.4. The molecule has 1 spiro atoms. The van der Waals surface area contributed by atoms with Gasteiger partial charge < -0.3 is 8.01 Å². The molecule has 0 bridgehead atoms. The Kier molecular flexibility index (Phi) is 7.02. The maximum atomic E-state index is 13.8. The first-order valence-corrected chi connectivity index (χ1v) is 15.4. The van der Waals surface area contributed by atoms with Gasteiger partial charge in [0.05, 0.1) is 30.1 Å². The van der Waals surface area contributed by atoms with Crippen LogP contribution in [0.3, 0.4) is 0 Å². The highest BCUT2D eigenvalue weighted by Crippen LogP contribution is 2.53. The van der Waals surface area contributed by atoms with Gasteiger partial charge in [-0.3, -0.25) is 9.69 Å². The number of carbonyl (C=O) groups excluding carboxylic acids is 1. The Balaban J connectivity index is 1.19. The largest absolute Gasteiger partial charge is 0.335 e. The average Bonchev–Trinajstić information content (AvgIpc) is 3.44. The summed E-state index contributed by atoms with van der Waals surface area (Å²) in [6.07, 6.45) is 5.62.